The Kier molecular flexibility index (Phi) is 4.40. The van der Waals surface area contributed by atoms with E-state index in [0.29, 0.717) is 0 Å². The molecule has 0 aliphatic heterocycles. The van der Waals surface area contributed by atoms with Crippen LogP contribution < -0.4 is 33.4 Å². The summed E-state index contributed by atoms with van der Waals surface area (Å²) in [6.45, 7) is 0. The van der Waals surface area contributed by atoms with Crippen molar-refractivity contribution in [2.45, 2.75) is 0 Å². The topological polar surface area (TPSA) is 7.12 Å². The predicted octanol–water partition coefficient (Wildman–Crippen LogP) is -2.42. The summed E-state index contributed by atoms with van der Waals surface area (Å²) in [7, 11) is 6.09. The predicted molar refractivity (Wildman–Crippen MR) is 41.9 cm³/mol. The Morgan fingerprint density at radius 2 is 1.64 bits per heavy atom. The number of hydrogen-bond acceptors (Lipinski definition) is 1. The van der Waals surface area contributed by atoms with Gasteiger partial charge in [-0.3, -0.25) is 0 Å². The molecule has 0 unspecified atom stereocenters. The van der Waals surface area contributed by atoms with Crippen LogP contribution in [0.2, 0.25) is 0 Å². The lowest BCUT2D eigenvalue weighted by molar-refractivity contribution is -0.671. The van der Waals surface area contributed by atoms with Crippen molar-refractivity contribution >= 4 is 5.69 Å². The molecule has 1 rings (SSSR count). The fourth-order valence-corrected chi connectivity index (χ4v) is 0.791. The zero-order valence-electron chi connectivity index (χ0n) is 7.08. The lowest BCUT2D eigenvalue weighted by Crippen LogP contribution is -3.00. The van der Waals surface area contributed by atoms with E-state index < -0.39 is 0 Å². The van der Waals surface area contributed by atoms with Crippen molar-refractivity contribution in [3.63, 3.8) is 0 Å². The average Bonchev–Trinajstić information content (AvgIpc) is 1.88. The highest BCUT2D eigenvalue weighted by molar-refractivity contribution is 5.41. The van der Waals surface area contributed by atoms with Crippen LogP contribution in [0.15, 0.2) is 24.5 Å². The minimum absolute atomic E-state index is 0. The molecule has 1 heterocycles. The molecular weight excluding hydrogens is 251 g/mol. The molecule has 62 valence electrons. The van der Waals surface area contributed by atoms with Gasteiger partial charge in [-0.05, 0) is 0 Å². The Balaban J connectivity index is 0.000001000. The van der Waals surface area contributed by atoms with E-state index in [4.69, 9.17) is 0 Å². The molecule has 0 saturated heterocycles. The monoisotopic (exact) mass is 264 g/mol. The zero-order valence-corrected chi connectivity index (χ0v) is 9.24. The summed E-state index contributed by atoms with van der Waals surface area (Å²) in [6, 6.07) is 4.17. The maximum atomic E-state index is 2.08. The van der Waals surface area contributed by atoms with Crippen LogP contribution in [0, 0.1) is 0 Å². The standard InChI is InChI=1S/C8H13N2.HI/c1-9(2)8-4-6-10(3)7-5-8;/h4-7H,1-3H3;1H/q+1;/p-1. The van der Waals surface area contributed by atoms with E-state index in [2.05, 4.69) is 17.0 Å². The summed E-state index contributed by atoms with van der Waals surface area (Å²) in [6.07, 6.45) is 4.07. The molecule has 0 fully saturated rings. The second-order valence-corrected chi connectivity index (χ2v) is 2.62. The van der Waals surface area contributed by atoms with Crippen molar-refractivity contribution in [3.05, 3.63) is 24.5 Å². The van der Waals surface area contributed by atoms with Gasteiger partial charge in [-0.15, -0.1) is 0 Å². The van der Waals surface area contributed by atoms with E-state index in [9.17, 15) is 0 Å². The number of nitrogens with zero attached hydrogens (tertiary/aromatic N) is 2. The van der Waals surface area contributed by atoms with Gasteiger partial charge in [-0.25, -0.2) is 4.57 Å². The van der Waals surface area contributed by atoms with Crippen molar-refractivity contribution in [1.29, 1.82) is 0 Å². The molecule has 0 spiro atoms. The summed E-state index contributed by atoms with van der Waals surface area (Å²) in [5.41, 5.74) is 1.23. The maximum Gasteiger partial charge on any atom is 0.170 e. The van der Waals surface area contributed by atoms with E-state index in [1.54, 1.807) is 0 Å². The van der Waals surface area contributed by atoms with E-state index in [1.807, 2.05) is 38.1 Å². The molecule has 3 heteroatoms. The first-order valence-corrected chi connectivity index (χ1v) is 3.33. The molecule has 0 aliphatic carbocycles. The Morgan fingerprint density at radius 3 is 2.00 bits per heavy atom. The molecule has 0 amide bonds. The third kappa shape index (κ3) is 3.05. The Bertz CT molecular complexity index is 206. The summed E-state index contributed by atoms with van der Waals surface area (Å²) >= 11 is 0. The first kappa shape index (κ1) is 10.7. The molecule has 0 aliphatic rings. The van der Waals surface area contributed by atoms with Crippen LogP contribution in [-0.2, 0) is 7.05 Å². The number of rotatable bonds is 1. The first-order chi connectivity index (χ1) is 4.70. The van der Waals surface area contributed by atoms with Crippen molar-refractivity contribution in [1.82, 2.24) is 0 Å². The SMILES string of the molecule is CN(C)c1cc[n+](C)cc1.[I-]. The summed E-state index contributed by atoms with van der Waals surface area (Å²) in [5.74, 6) is 0. The lowest BCUT2D eigenvalue weighted by atomic mass is 10.4. The number of pyridine rings is 1. The molecule has 11 heavy (non-hydrogen) atoms. The van der Waals surface area contributed by atoms with Crippen molar-refractivity contribution in [3.8, 4) is 0 Å². The van der Waals surface area contributed by atoms with Gasteiger partial charge in [0.1, 0.15) is 7.05 Å². The Labute approximate surface area is 84.9 Å². The van der Waals surface area contributed by atoms with Crippen LogP contribution in [0.25, 0.3) is 0 Å². The van der Waals surface area contributed by atoms with Gasteiger partial charge >= 0.3 is 0 Å². The van der Waals surface area contributed by atoms with E-state index >= 15 is 0 Å². The van der Waals surface area contributed by atoms with E-state index in [0.717, 1.165) is 0 Å². The van der Waals surface area contributed by atoms with Gasteiger partial charge < -0.3 is 28.9 Å². The number of hydrogen-bond donors (Lipinski definition) is 0. The third-order valence-corrected chi connectivity index (χ3v) is 1.48. The number of aromatic nitrogens is 1. The normalized spacial score (nSPS) is 8.64. The highest BCUT2D eigenvalue weighted by atomic mass is 127. The molecule has 2 nitrogen and oxygen atoms in total. The van der Waals surface area contributed by atoms with Gasteiger partial charge in [0.25, 0.3) is 0 Å². The van der Waals surface area contributed by atoms with Crippen LogP contribution >= 0.6 is 0 Å². The van der Waals surface area contributed by atoms with Gasteiger partial charge in [0, 0.05) is 31.9 Å². The highest BCUT2D eigenvalue weighted by Crippen LogP contribution is 2.04. The number of halogens is 1. The Morgan fingerprint density at radius 1 is 1.18 bits per heavy atom. The molecule has 0 aromatic carbocycles. The number of aryl methyl sites for hydroxylation is 1. The second-order valence-electron chi connectivity index (χ2n) is 2.62. The molecule has 0 radical (unpaired) electrons. The van der Waals surface area contributed by atoms with E-state index in [1.165, 1.54) is 5.69 Å². The number of anilines is 1. The smallest absolute Gasteiger partial charge is 0.170 e. The quantitative estimate of drug-likeness (QED) is 0.404. The van der Waals surface area contributed by atoms with Crippen LogP contribution in [0.4, 0.5) is 5.69 Å². The van der Waals surface area contributed by atoms with Crippen LogP contribution in [0.1, 0.15) is 0 Å². The van der Waals surface area contributed by atoms with Crippen LogP contribution in [0.5, 0.6) is 0 Å². The minimum atomic E-state index is 0. The lowest BCUT2D eigenvalue weighted by Gasteiger charge is -2.09. The molecule has 0 bridgehead atoms. The molecular formula is C8H13IN2. The average molecular weight is 264 g/mol. The second kappa shape index (κ2) is 4.54. The molecule has 0 atom stereocenters. The fourth-order valence-electron chi connectivity index (χ4n) is 0.791. The molecule has 1 aromatic rings. The van der Waals surface area contributed by atoms with Crippen molar-refractivity contribution in [2.24, 2.45) is 7.05 Å². The largest absolute Gasteiger partial charge is 1.00 e. The van der Waals surface area contributed by atoms with Crippen LogP contribution in [0.3, 0.4) is 0 Å². The summed E-state index contributed by atoms with van der Waals surface area (Å²) < 4.78 is 2.02. The van der Waals surface area contributed by atoms with Gasteiger partial charge in [0.2, 0.25) is 0 Å². The molecule has 0 saturated carbocycles. The van der Waals surface area contributed by atoms with E-state index in [-0.39, 0.29) is 24.0 Å². The molecule has 1 aromatic heterocycles. The fraction of sp³-hybridized carbons (Fsp3) is 0.375. The highest BCUT2D eigenvalue weighted by Gasteiger charge is 1.95. The maximum absolute atomic E-state index is 2.08. The third-order valence-electron chi connectivity index (χ3n) is 1.48. The van der Waals surface area contributed by atoms with Crippen molar-refractivity contribution in [2.75, 3.05) is 19.0 Å². The molecule has 0 N–H and O–H groups in total. The van der Waals surface area contributed by atoms with Gasteiger partial charge in [0.05, 0.1) is 0 Å². The van der Waals surface area contributed by atoms with Crippen molar-refractivity contribution < 1.29 is 28.5 Å². The summed E-state index contributed by atoms with van der Waals surface area (Å²) in [4.78, 5) is 2.08. The van der Waals surface area contributed by atoms with Crippen LogP contribution in [-0.4, -0.2) is 14.1 Å². The van der Waals surface area contributed by atoms with Gasteiger partial charge in [-0.1, -0.05) is 0 Å². The van der Waals surface area contributed by atoms with Gasteiger partial charge in [0.15, 0.2) is 12.4 Å². The zero-order chi connectivity index (χ0) is 7.56. The first-order valence-electron chi connectivity index (χ1n) is 3.33. The summed E-state index contributed by atoms with van der Waals surface area (Å²) in [5, 5.41) is 0. The van der Waals surface area contributed by atoms with Gasteiger partial charge in [-0.2, -0.15) is 0 Å². The Hall–Kier alpha value is -0.320. The minimum Gasteiger partial charge on any atom is -1.00 e.